The number of ether oxygens (including phenoxy) is 1. The van der Waals surface area contributed by atoms with Crippen LogP contribution in [0.2, 0.25) is 0 Å². The molecule has 0 fully saturated rings. The van der Waals surface area contributed by atoms with Gasteiger partial charge in [-0.05, 0) is 17.7 Å². The molecule has 0 radical (unpaired) electrons. The van der Waals surface area contributed by atoms with E-state index in [-0.39, 0.29) is 17.9 Å². The Morgan fingerprint density at radius 3 is 2.67 bits per heavy atom. The normalized spacial score (nSPS) is 10.4. The van der Waals surface area contributed by atoms with Crippen molar-refractivity contribution in [3.05, 3.63) is 69.3 Å². The summed E-state index contributed by atoms with van der Waals surface area (Å²) in [4.78, 5) is 9.84. The SMILES string of the molecule is O=[N+]([O-])c1cccc(COc2cc(F)cc(CBr)c2)c1F. The Balaban J connectivity index is 2.19. The first kappa shape index (κ1) is 15.4. The van der Waals surface area contributed by atoms with Crippen molar-refractivity contribution in [3.8, 4) is 5.75 Å². The van der Waals surface area contributed by atoms with Crippen molar-refractivity contribution >= 4 is 21.6 Å². The van der Waals surface area contributed by atoms with Crippen LogP contribution in [0.4, 0.5) is 14.5 Å². The van der Waals surface area contributed by atoms with Gasteiger partial charge in [0, 0.05) is 23.0 Å². The molecule has 0 aliphatic rings. The van der Waals surface area contributed by atoms with Crippen LogP contribution in [0.5, 0.6) is 5.75 Å². The number of nitrogens with zero attached hydrogens (tertiary/aromatic N) is 1. The molecule has 0 unspecified atom stereocenters. The van der Waals surface area contributed by atoms with E-state index in [0.717, 1.165) is 6.07 Å². The maximum absolute atomic E-state index is 13.8. The minimum atomic E-state index is -0.945. The molecule has 2 rings (SSSR count). The van der Waals surface area contributed by atoms with E-state index in [0.29, 0.717) is 10.9 Å². The Hall–Kier alpha value is -2.02. The smallest absolute Gasteiger partial charge is 0.305 e. The number of hydrogen-bond donors (Lipinski definition) is 0. The quantitative estimate of drug-likeness (QED) is 0.454. The maximum Gasteiger partial charge on any atom is 0.305 e. The first-order chi connectivity index (χ1) is 10.0. The van der Waals surface area contributed by atoms with Crippen LogP contribution >= 0.6 is 15.9 Å². The van der Waals surface area contributed by atoms with Gasteiger partial charge in [0.25, 0.3) is 0 Å². The van der Waals surface area contributed by atoms with Gasteiger partial charge in [-0.1, -0.05) is 28.1 Å². The zero-order valence-electron chi connectivity index (χ0n) is 10.7. The lowest BCUT2D eigenvalue weighted by molar-refractivity contribution is -0.387. The van der Waals surface area contributed by atoms with E-state index in [1.165, 1.54) is 24.3 Å². The summed E-state index contributed by atoms with van der Waals surface area (Å²) in [5, 5.41) is 11.1. The molecular formula is C14H10BrF2NO3. The summed E-state index contributed by atoms with van der Waals surface area (Å²) in [5.41, 5.74) is 0.0925. The van der Waals surface area contributed by atoms with Crippen LogP contribution in [-0.2, 0) is 11.9 Å². The molecule has 0 heterocycles. The first-order valence-corrected chi connectivity index (χ1v) is 7.03. The Labute approximate surface area is 127 Å². The van der Waals surface area contributed by atoms with E-state index >= 15 is 0 Å². The minimum absolute atomic E-state index is 0.0360. The van der Waals surface area contributed by atoms with Gasteiger partial charge in [0.05, 0.1) is 4.92 Å². The van der Waals surface area contributed by atoms with Gasteiger partial charge in [-0.3, -0.25) is 10.1 Å². The molecule has 0 amide bonds. The van der Waals surface area contributed by atoms with Gasteiger partial charge in [-0.2, -0.15) is 4.39 Å². The van der Waals surface area contributed by atoms with Crippen molar-refractivity contribution in [1.29, 1.82) is 0 Å². The number of alkyl halides is 1. The molecule has 0 aliphatic heterocycles. The third-order valence-electron chi connectivity index (χ3n) is 2.73. The van der Waals surface area contributed by atoms with Crippen LogP contribution in [0.15, 0.2) is 36.4 Å². The van der Waals surface area contributed by atoms with Crippen LogP contribution in [0, 0.1) is 21.7 Å². The van der Waals surface area contributed by atoms with Crippen molar-refractivity contribution < 1.29 is 18.4 Å². The zero-order chi connectivity index (χ0) is 15.4. The van der Waals surface area contributed by atoms with Crippen molar-refractivity contribution in [2.75, 3.05) is 0 Å². The molecule has 2 aromatic rings. The molecular weight excluding hydrogens is 348 g/mol. The molecule has 2 aromatic carbocycles. The summed E-state index contributed by atoms with van der Waals surface area (Å²) in [6.45, 7) is -0.224. The molecule has 0 aliphatic carbocycles. The number of benzene rings is 2. The first-order valence-electron chi connectivity index (χ1n) is 5.91. The number of nitro benzene ring substituents is 1. The predicted octanol–water partition coefficient (Wildman–Crippen LogP) is 4.35. The highest BCUT2D eigenvalue weighted by atomic mass is 79.9. The average Bonchev–Trinajstić information content (AvgIpc) is 2.45. The summed E-state index contributed by atoms with van der Waals surface area (Å²) in [6.07, 6.45) is 0. The molecule has 110 valence electrons. The monoisotopic (exact) mass is 357 g/mol. The third kappa shape index (κ3) is 3.75. The Morgan fingerprint density at radius 2 is 2.00 bits per heavy atom. The summed E-state index contributed by atoms with van der Waals surface area (Å²) in [6, 6.07) is 7.94. The van der Waals surface area contributed by atoms with Crippen LogP contribution < -0.4 is 4.74 Å². The third-order valence-corrected chi connectivity index (χ3v) is 3.38. The summed E-state index contributed by atoms with van der Waals surface area (Å²) in [5.74, 6) is -1.18. The zero-order valence-corrected chi connectivity index (χ0v) is 12.3. The van der Waals surface area contributed by atoms with E-state index in [9.17, 15) is 18.9 Å². The van der Waals surface area contributed by atoms with E-state index in [2.05, 4.69) is 15.9 Å². The van der Waals surface area contributed by atoms with Gasteiger partial charge in [0.15, 0.2) is 0 Å². The van der Waals surface area contributed by atoms with Crippen LogP contribution in [0.1, 0.15) is 11.1 Å². The molecule has 0 bridgehead atoms. The Morgan fingerprint density at radius 1 is 1.24 bits per heavy atom. The van der Waals surface area contributed by atoms with Gasteiger partial charge in [-0.25, -0.2) is 4.39 Å². The highest BCUT2D eigenvalue weighted by Crippen LogP contribution is 2.23. The molecule has 21 heavy (non-hydrogen) atoms. The lowest BCUT2D eigenvalue weighted by Crippen LogP contribution is -2.02. The van der Waals surface area contributed by atoms with Crippen molar-refractivity contribution in [1.82, 2.24) is 0 Å². The second-order valence-electron chi connectivity index (χ2n) is 4.22. The molecule has 0 saturated heterocycles. The minimum Gasteiger partial charge on any atom is -0.489 e. The van der Waals surface area contributed by atoms with Gasteiger partial charge in [0.1, 0.15) is 18.2 Å². The molecule has 0 aromatic heterocycles. The van der Waals surface area contributed by atoms with E-state index in [4.69, 9.17) is 4.74 Å². The highest BCUT2D eigenvalue weighted by Gasteiger charge is 2.17. The summed E-state index contributed by atoms with van der Waals surface area (Å²) >= 11 is 3.20. The second kappa shape index (κ2) is 6.62. The van der Waals surface area contributed by atoms with Crippen molar-refractivity contribution in [2.24, 2.45) is 0 Å². The molecule has 0 N–H and O–H groups in total. The fourth-order valence-corrected chi connectivity index (χ4v) is 2.08. The number of nitro groups is 1. The maximum atomic E-state index is 13.8. The standard InChI is InChI=1S/C14H10BrF2NO3/c15-7-9-4-11(16)6-12(5-9)21-8-10-2-1-3-13(14(10)17)18(19)20/h1-6H,7-8H2. The van der Waals surface area contributed by atoms with Gasteiger partial charge in [-0.15, -0.1) is 0 Å². The topological polar surface area (TPSA) is 52.4 Å². The van der Waals surface area contributed by atoms with E-state index < -0.39 is 22.2 Å². The fraction of sp³-hybridized carbons (Fsp3) is 0.143. The van der Waals surface area contributed by atoms with Gasteiger partial charge >= 0.3 is 5.69 Å². The average molecular weight is 358 g/mol. The van der Waals surface area contributed by atoms with Crippen LogP contribution in [0.25, 0.3) is 0 Å². The Kier molecular flexibility index (Phi) is 4.85. The largest absolute Gasteiger partial charge is 0.489 e. The number of hydrogen-bond acceptors (Lipinski definition) is 3. The molecule has 0 spiro atoms. The van der Waals surface area contributed by atoms with E-state index in [1.807, 2.05) is 0 Å². The highest BCUT2D eigenvalue weighted by molar-refractivity contribution is 9.08. The van der Waals surface area contributed by atoms with Crippen LogP contribution in [-0.4, -0.2) is 4.92 Å². The van der Waals surface area contributed by atoms with E-state index in [1.54, 1.807) is 6.07 Å². The number of halogens is 3. The Bertz CT molecular complexity index is 679. The van der Waals surface area contributed by atoms with Crippen molar-refractivity contribution in [3.63, 3.8) is 0 Å². The molecule has 7 heteroatoms. The fourth-order valence-electron chi connectivity index (χ4n) is 1.76. The van der Waals surface area contributed by atoms with Crippen LogP contribution in [0.3, 0.4) is 0 Å². The van der Waals surface area contributed by atoms with Crippen molar-refractivity contribution in [2.45, 2.75) is 11.9 Å². The molecule has 0 saturated carbocycles. The summed E-state index contributed by atoms with van der Waals surface area (Å²) in [7, 11) is 0. The van der Waals surface area contributed by atoms with Gasteiger partial charge < -0.3 is 4.74 Å². The summed E-state index contributed by atoms with van der Waals surface area (Å²) < 4.78 is 32.5. The predicted molar refractivity (Wildman–Crippen MR) is 76.4 cm³/mol. The second-order valence-corrected chi connectivity index (χ2v) is 4.79. The van der Waals surface area contributed by atoms with Gasteiger partial charge in [0.2, 0.25) is 5.82 Å². The molecule has 0 atom stereocenters. The lowest BCUT2D eigenvalue weighted by Gasteiger charge is -2.08. The molecule has 4 nitrogen and oxygen atoms in total. The lowest BCUT2D eigenvalue weighted by atomic mass is 10.2. The number of rotatable bonds is 5.